The van der Waals surface area contributed by atoms with Crippen LogP contribution in [-0.2, 0) is 6.54 Å². The number of nitrogens with one attached hydrogen (secondary N) is 2. The van der Waals surface area contributed by atoms with Crippen LogP contribution in [0.15, 0.2) is 10.9 Å². The summed E-state index contributed by atoms with van der Waals surface area (Å²) in [5.41, 5.74) is 2.17. The molecule has 2 amide bonds. The fraction of sp³-hybridized carbons (Fsp3) is 0.455. The number of aromatic amines is 1. The van der Waals surface area contributed by atoms with Gasteiger partial charge < -0.3 is 15.2 Å². The highest BCUT2D eigenvalue weighted by molar-refractivity contribution is 5.73. The van der Waals surface area contributed by atoms with Gasteiger partial charge >= 0.3 is 6.03 Å². The molecule has 1 aromatic rings. The van der Waals surface area contributed by atoms with Gasteiger partial charge in [-0.3, -0.25) is 4.79 Å². The Labute approximate surface area is 94.5 Å². The van der Waals surface area contributed by atoms with Gasteiger partial charge in [0.25, 0.3) is 5.56 Å². The van der Waals surface area contributed by atoms with E-state index in [9.17, 15) is 9.59 Å². The minimum atomic E-state index is -0.209. The Morgan fingerprint density at radius 3 is 2.56 bits per heavy atom. The summed E-state index contributed by atoms with van der Waals surface area (Å²) in [7, 11) is 3.31. The van der Waals surface area contributed by atoms with Gasteiger partial charge in [0.15, 0.2) is 0 Å². The molecular weight excluding hydrogens is 206 g/mol. The number of nitrogens with zero attached hydrogens (tertiary/aromatic N) is 1. The van der Waals surface area contributed by atoms with Crippen LogP contribution < -0.4 is 10.9 Å². The molecule has 5 heteroatoms. The third-order valence-electron chi connectivity index (χ3n) is 2.32. The molecule has 0 saturated carbocycles. The van der Waals surface area contributed by atoms with Gasteiger partial charge in [0.1, 0.15) is 0 Å². The molecule has 0 aromatic carbocycles. The lowest BCUT2D eigenvalue weighted by Gasteiger charge is -2.12. The summed E-state index contributed by atoms with van der Waals surface area (Å²) < 4.78 is 0. The molecule has 5 nitrogen and oxygen atoms in total. The Balaban J connectivity index is 2.83. The molecule has 0 atom stereocenters. The number of hydrogen-bond acceptors (Lipinski definition) is 2. The summed E-state index contributed by atoms with van der Waals surface area (Å²) in [6.45, 7) is 3.94. The number of aryl methyl sites for hydroxylation is 2. The van der Waals surface area contributed by atoms with Gasteiger partial charge in [0.05, 0.1) is 6.54 Å². The Bertz CT molecular complexity index is 449. The minimum absolute atomic E-state index is 0.142. The van der Waals surface area contributed by atoms with Crippen molar-refractivity contribution in [1.29, 1.82) is 0 Å². The predicted octanol–water partition coefficient (Wildman–Crippen LogP) is 0.763. The molecule has 0 aliphatic carbocycles. The highest BCUT2D eigenvalue weighted by atomic mass is 16.2. The zero-order valence-electron chi connectivity index (χ0n) is 10.0. The molecule has 1 heterocycles. The predicted molar refractivity (Wildman–Crippen MR) is 62.5 cm³/mol. The van der Waals surface area contributed by atoms with Crippen molar-refractivity contribution in [3.05, 3.63) is 33.2 Å². The first kappa shape index (κ1) is 12.3. The fourth-order valence-electron chi connectivity index (χ4n) is 1.42. The lowest BCUT2D eigenvalue weighted by Crippen LogP contribution is -2.35. The molecule has 0 aliphatic heterocycles. The highest BCUT2D eigenvalue weighted by Crippen LogP contribution is 2.02. The molecular formula is C11H17N3O2. The average Bonchev–Trinajstić information content (AvgIpc) is 2.15. The summed E-state index contributed by atoms with van der Waals surface area (Å²) in [6, 6.07) is 1.68. The summed E-state index contributed by atoms with van der Waals surface area (Å²) in [5.74, 6) is 0. The van der Waals surface area contributed by atoms with Crippen LogP contribution in [0.5, 0.6) is 0 Å². The standard InChI is InChI=1S/C11H17N3O2/c1-7-5-8(2)13-10(15)9(7)6-12-11(16)14(3)4/h5H,6H2,1-4H3,(H,12,16)(H,13,15). The Kier molecular flexibility index (Phi) is 3.71. The van der Waals surface area contributed by atoms with Gasteiger partial charge in [0.2, 0.25) is 0 Å². The van der Waals surface area contributed by atoms with Gasteiger partial charge in [-0.2, -0.15) is 0 Å². The van der Waals surface area contributed by atoms with Crippen molar-refractivity contribution in [3.8, 4) is 0 Å². The molecule has 16 heavy (non-hydrogen) atoms. The third kappa shape index (κ3) is 2.85. The van der Waals surface area contributed by atoms with Crippen LogP contribution in [0.1, 0.15) is 16.8 Å². The topological polar surface area (TPSA) is 65.2 Å². The van der Waals surface area contributed by atoms with Crippen molar-refractivity contribution >= 4 is 6.03 Å². The molecule has 1 aromatic heterocycles. The molecule has 0 spiro atoms. The maximum absolute atomic E-state index is 11.6. The number of carbonyl (C=O) groups excluding carboxylic acids is 1. The molecule has 0 saturated heterocycles. The van der Waals surface area contributed by atoms with Crippen LogP contribution in [0.3, 0.4) is 0 Å². The fourth-order valence-corrected chi connectivity index (χ4v) is 1.42. The average molecular weight is 223 g/mol. The van der Waals surface area contributed by atoms with Crippen LogP contribution in [-0.4, -0.2) is 30.0 Å². The first-order chi connectivity index (χ1) is 7.41. The first-order valence-electron chi connectivity index (χ1n) is 5.06. The van der Waals surface area contributed by atoms with E-state index in [0.717, 1.165) is 11.3 Å². The van der Waals surface area contributed by atoms with Crippen molar-refractivity contribution < 1.29 is 4.79 Å². The number of aromatic nitrogens is 1. The normalized spacial score (nSPS) is 10.0. The minimum Gasteiger partial charge on any atom is -0.334 e. The van der Waals surface area contributed by atoms with E-state index in [1.54, 1.807) is 14.1 Å². The lowest BCUT2D eigenvalue weighted by molar-refractivity contribution is 0.217. The van der Waals surface area contributed by atoms with Gasteiger partial charge in [0, 0.05) is 25.4 Å². The van der Waals surface area contributed by atoms with Crippen LogP contribution in [0.2, 0.25) is 0 Å². The number of hydrogen-bond donors (Lipinski definition) is 2. The SMILES string of the molecule is Cc1cc(C)c(CNC(=O)N(C)C)c(=O)[nH]1. The van der Waals surface area contributed by atoms with E-state index in [0.29, 0.717) is 5.56 Å². The molecule has 1 rings (SSSR count). The zero-order chi connectivity index (χ0) is 12.3. The summed E-state index contributed by atoms with van der Waals surface area (Å²) in [6.07, 6.45) is 0. The molecule has 0 unspecified atom stereocenters. The number of amides is 2. The van der Waals surface area contributed by atoms with E-state index < -0.39 is 0 Å². The summed E-state index contributed by atoms with van der Waals surface area (Å²) in [4.78, 5) is 27.1. The van der Waals surface area contributed by atoms with Crippen molar-refractivity contribution in [1.82, 2.24) is 15.2 Å². The lowest BCUT2D eigenvalue weighted by atomic mass is 10.1. The van der Waals surface area contributed by atoms with Gasteiger partial charge in [-0.1, -0.05) is 0 Å². The second-order valence-corrected chi connectivity index (χ2v) is 4.00. The Morgan fingerprint density at radius 1 is 1.44 bits per heavy atom. The second-order valence-electron chi connectivity index (χ2n) is 4.00. The van der Waals surface area contributed by atoms with Crippen LogP contribution in [0, 0.1) is 13.8 Å². The number of carbonyl (C=O) groups is 1. The second kappa shape index (κ2) is 4.83. The summed E-state index contributed by atoms with van der Waals surface area (Å²) in [5, 5.41) is 2.67. The van der Waals surface area contributed by atoms with E-state index >= 15 is 0 Å². The van der Waals surface area contributed by atoms with E-state index in [2.05, 4.69) is 10.3 Å². The van der Waals surface area contributed by atoms with E-state index in [1.807, 2.05) is 19.9 Å². The van der Waals surface area contributed by atoms with Crippen LogP contribution in [0.4, 0.5) is 4.79 Å². The van der Waals surface area contributed by atoms with Crippen molar-refractivity contribution in [2.45, 2.75) is 20.4 Å². The van der Waals surface area contributed by atoms with Gasteiger partial charge in [-0.25, -0.2) is 4.79 Å². The number of rotatable bonds is 2. The monoisotopic (exact) mass is 223 g/mol. The molecule has 0 aliphatic rings. The van der Waals surface area contributed by atoms with E-state index in [1.165, 1.54) is 4.90 Å². The molecule has 88 valence electrons. The Morgan fingerprint density at radius 2 is 2.06 bits per heavy atom. The maximum Gasteiger partial charge on any atom is 0.317 e. The third-order valence-corrected chi connectivity index (χ3v) is 2.32. The van der Waals surface area contributed by atoms with Crippen molar-refractivity contribution in [3.63, 3.8) is 0 Å². The van der Waals surface area contributed by atoms with E-state index in [4.69, 9.17) is 0 Å². The molecule has 2 N–H and O–H groups in total. The Hall–Kier alpha value is -1.78. The number of H-pyrrole nitrogens is 1. The summed E-state index contributed by atoms with van der Waals surface area (Å²) >= 11 is 0. The van der Waals surface area contributed by atoms with Gasteiger partial charge in [-0.05, 0) is 25.5 Å². The van der Waals surface area contributed by atoms with Crippen molar-refractivity contribution in [2.75, 3.05) is 14.1 Å². The molecule has 0 radical (unpaired) electrons. The number of pyridine rings is 1. The quantitative estimate of drug-likeness (QED) is 0.777. The molecule has 0 fully saturated rings. The van der Waals surface area contributed by atoms with E-state index in [-0.39, 0.29) is 18.1 Å². The van der Waals surface area contributed by atoms with Crippen LogP contribution in [0.25, 0.3) is 0 Å². The smallest absolute Gasteiger partial charge is 0.317 e. The highest BCUT2D eigenvalue weighted by Gasteiger charge is 2.07. The van der Waals surface area contributed by atoms with Crippen LogP contribution >= 0.6 is 0 Å². The molecule has 0 bridgehead atoms. The first-order valence-corrected chi connectivity index (χ1v) is 5.06. The van der Waals surface area contributed by atoms with Gasteiger partial charge in [-0.15, -0.1) is 0 Å². The maximum atomic E-state index is 11.6. The largest absolute Gasteiger partial charge is 0.334 e. The number of urea groups is 1. The zero-order valence-corrected chi connectivity index (χ0v) is 10.0. The van der Waals surface area contributed by atoms with Crippen molar-refractivity contribution in [2.24, 2.45) is 0 Å².